The van der Waals surface area contributed by atoms with Crippen molar-refractivity contribution in [3.05, 3.63) is 36.7 Å². The summed E-state index contributed by atoms with van der Waals surface area (Å²) in [4.78, 5) is 17.5. The summed E-state index contributed by atoms with van der Waals surface area (Å²) in [5.41, 5.74) is 0.968. The second-order valence-corrected chi connectivity index (χ2v) is 4.91. The Hall–Kier alpha value is -1.84. The zero-order valence-corrected chi connectivity index (χ0v) is 11.4. The Morgan fingerprint density at radius 1 is 1.39 bits per heavy atom. The lowest BCUT2D eigenvalue weighted by Gasteiger charge is -2.27. The van der Waals surface area contributed by atoms with Gasteiger partial charge in [-0.2, -0.15) is 0 Å². The maximum absolute atomic E-state index is 12.0. The minimum atomic E-state index is -0.511. The molecule has 1 heterocycles. The summed E-state index contributed by atoms with van der Waals surface area (Å²) >= 11 is 0. The van der Waals surface area contributed by atoms with E-state index in [2.05, 4.69) is 11.6 Å². The summed E-state index contributed by atoms with van der Waals surface area (Å²) < 4.78 is 5.34. The quantitative estimate of drug-likeness (QED) is 0.824. The van der Waals surface area contributed by atoms with Crippen molar-refractivity contribution >= 4 is 11.8 Å². The summed E-state index contributed by atoms with van der Waals surface area (Å²) in [5.74, 6) is 0. The van der Waals surface area contributed by atoms with Crippen LogP contribution in [0.4, 0.5) is 4.79 Å². The van der Waals surface area contributed by atoms with Crippen molar-refractivity contribution in [1.29, 1.82) is 0 Å². The molecule has 0 aliphatic carbocycles. The standard InChI is InChI=1S/C14H20N2O2/c1-6-16(13(17)18-14(3,4)5)11(2)12-7-9-15-10-8-12/h7-10H,2,6H2,1,3-5H3. The van der Waals surface area contributed by atoms with Gasteiger partial charge in [-0.05, 0) is 39.8 Å². The predicted molar refractivity (Wildman–Crippen MR) is 71.9 cm³/mol. The molecule has 0 fully saturated rings. The van der Waals surface area contributed by atoms with E-state index in [1.807, 2.05) is 39.8 Å². The van der Waals surface area contributed by atoms with Crippen molar-refractivity contribution in [2.24, 2.45) is 0 Å². The Bertz CT molecular complexity index is 421. The lowest BCUT2D eigenvalue weighted by atomic mass is 10.2. The van der Waals surface area contributed by atoms with Crippen LogP contribution in [0, 0.1) is 0 Å². The molecule has 0 aromatic carbocycles. The van der Waals surface area contributed by atoms with Gasteiger partial charge in [-0.3, -0.25) is 9.88 Å². The van der Waals surface area contributed by atoms with Crippen molar-refractivity contribution in [3.8, 4) is 0 Å². The van der Waals surface area contributed by atoms with E-state index in [4.69, 9.17) is 4.74 Å². The third-order valence-corrected chi connectivity index (χ3v) is 2.27. The summed E-state index contributed by atoms with van der Waals surface area (Å²) in [5, 5.41) is 0. The van der Waals surface area contributed by atoms with E-state index < -0.39 is 5.60 Å². The highest BCUT2D eigenvalue weighted by Gasteiger charge is 2.23. The number of aromatic nitrogens is 1. The average molecular weight is 248 g/mol. The van der Waals surface area contributed by atoms with Crippen LogP contribution in [0.1, 0.15) is 33.3 Å². The molecule has 0 aliphatic heterocycles. The van der Waals surface area contributed by atoms with E-state index in [1.54, 1.807) is 12.4 Å². The molecule has 4 nitrogen and oxygen atoms in total. The van der Waals surface area contributed by atoms with Gasteiger partial charge >= 0.3 is 6.09 Å². The van der Waals surface area contributed by atoms with E-state index in [0.717, 1.165) is 5.56 Å². The molecule has 98 valence electrons. The molecule has 0 bridgehead atoms. The van der Waals surface area contributed by atoms with Crippen LogP contribution >= 0.6 is 0 Å². The molecular formula is C14H20N2O2. The maximum atomic E-state index is 12.0. The molecule has 18 heavy (non-hydrogen) atoms. The molecule has 0 aliphatic rings. The van der Waals surface area contributed by atoms with Gasteiger partial charge in [0.2, 0.25) is 0 Å². The molecule has 0 unspecified atom stereocenters. The first kappa shape index (κ1) is 14.2. The second kappa shape index (κ2) is 5.67. The smallest absolute Gasteiger partial charge is 0.414 e. The Morgan fingerprint density at radius 3 is 2.39 bits per heavy atom. The van der Waals surface area contributed by atoms with E-state index >= 15 is 0 Å². The molecule has 0 N–H and O–H groups in total. The molecule has 0 saturated carbocycles. The van der Waals surface area contributed by atoms with Crippen LogP contribution in [-0.4, -0.2) is 28.1 Å². The van der Waals surface area contributed by atoms with E-state index in [0.29, 0.717) is 12.2 Å². The van der Waals surface area contributed by atoms with Crippen LogP contribution in [-0.2, 0) is 4.74 Å². The monoisotopic (exact) mass is 248 g/mol. The number of hydrogen-bond acceptors (Lipinski definition) is 3. The van der Waals surface area contributed by atoms with Crippen molar-refractivity contribution in [1.82, 2.24) is 9.88 Å². The molecule has 0 spiro atoms. The van der Waals surface area contributed by atoms with Gasteiger partial charge < -0.3 is 4.74 Å². The second-order valence-electron chi connectivity index (χ2n) is 4.91. The molecule has 0 radical (unpaired) electrons. The molecule has 1 aromatic rings. The largest absolute Gasteiger partial charge is 0.443 e. The molecule has 1 amide bonds. The van der Waals surface area contributed by atoms with E-state index in [1.165, 1.54) is 4.90 Å². The number of rotatable bonds is 3. The number of hydrogen-bond donors (Lipinski definition) is 0. The Labute approximate surface area is 108 Å². The molecule has 1 aromatic heterocycles. The van der Waals surface area contributed by atoms with Gasteiger partial charge in [-0.15, -0.1) is 0 Å². The number of pyridine rings is 1. The van der Waals surface area contributed by atoms with Gasteiger partial charge in [0.25, 0.3) is 0 Å². The highest BCUT2D eigenvalue weighted by molar-refractivity contribution is 5.81. The van der Waals surface area contributed by atoms with Crippen LogP contribution < -0.4 is 0 Å². The first-order valence-electron chi connectivity index (χ1n) is 5.95. The van der Waals surface area contributed by atoms with Crippen LogP contribution in [0.25, 0.3) is 5.70 Å². The SMILES string of the molecule is C=C(c1ccncc1)N(CC)C(=O)OC(C)(C)C. The van der Waals surface area contributed by atoms with Gasteiger partial charge in [0.15, 0.2) is 0 Å². The predicted octanol–water partition coefficient (Wildman–Crippen LogP) is 3.31. The van der Waals surface area contributed by atoms with Crippen molar-refractivity contribution < 1.29 is 9.53 Å². The zero-order chi connectivity index (χ0) is 13.8. The molecule has 1 rings (SSSR count). The number of amides is 1. The maximum Gasteiger partial charge on any atom is 0.414 e. The van der Waals surface area contributed by atoms with Gasteiger partial charge in [0.1, 0.15) is 5.60 Å². The topological polar surface area (TPSA) is 42.4 Å². The number of carbonyl (C=O) groups excluding carboxylic acids is 1. The van der Waals surface area contributed by atoms with Crippen LogP contribution in [0.15, 0.2) is 31.1 Å². The minimum Gasteiger partial charge on any atom is -0.443 e. The average Bonchev–Trinajstić information content (AvgIpc) is 2.28. The van der Waals surface area contributed by atoms with E-state index in [9.17, 15) is 4.79 Å². The Kier molecular flexibility index (Phi) is 4.48. The molecular weight excluding hydrogens is 228 g/mol. The van der Waals surface area contributed by atoms with Crippen molar-refractivity contribution in [2.45, 2.75) is 33.3 Å². The third-order valence-electron chi connectivity index (χ3n) is 2.27. The lowest BCUT2D eigenvalue weighted by Crippen LogP contribution is -2.35. The highest BCUT2D eigenvalue weighted by Crippen LogP contribution is 2.19. The number of ether oxygens (including phenoxy) is 1. The normalized spacial score (nSPS) is 10.9. The molecule has 0 saturated heterocycles. The fourth-order valence-corrected chi connectivity index (χ4v) is 1.45. The fraction of sp³-hybridized carbons (Fsp3) is 0.429. The summed E-state index contributed by atoms with van der Waals surface area (Å²) in [6, 6.07) is 3.63. The van der Waals surface area contributed by atoms with Crippen molar-refractivity contribution in [3.63, 3.8) is 0 Å². The summed E-state index contributed by atoms with van der Waals surface area (Å²) in [6.07, 6.45) is 2.96. The van der Waals surface area contributed by atoms with Crippen LogP contribution in [0.2, 0.25) is 0 Å². The minimum absolute atomic E-state index is 0.383. The highest BCUT2D eigenvalue weighted by atomic mass is 16.6. The molecule has 4 heteroatoms. The third kappa shape index (κ3) is 3.87. The first-order valence-corrected chi connectivity index (χ1v) is 5.95. The van der Waals surface area contributed by atoms with Crippen LogP contribution in [0.3, 0.4) is 0 Å². The first-order chi connectivity index (χ1) is 8.35. The fourth-order valence-electron chi connectivity index (χ4n) is 1.45. The van der Waals surface area contributed by atoms with Gasteiger partial charge in [0, 0.05) is 30.2 Å². The summed E-state index contributed by atoms with van der Waals surface area (Å²) in [7, 11) is 0. The number of carbonyl (C=O) groups is 1. The van der Waals surface area contributed by atoms with E-state index in [-0.39, 0.29) is 6.09 Å². The summed E-state index contributed by atoms with van der Waals surface area (Å²) in [6.45, 7) is 11.9. The van der Waals surface area contributed by atoms with Gasteiger partial charge in [0.05, 0.1) is 0 Å². The van der Waals surface area contributed by atoms with Crippen molar-refractivity contribution in [2.75, 3.05) is 6.54 Å². The van der Waals surface area contributed by atoms with Gasteiger partial charge in [-0.1, -0.05) is 6.58 Å². The Morgan fingerprint density at radius 2 is 1.94 bits per heavy atom. The lowest BCUT2D eigenvalue weighted by molar-refractivity contribution is 0.0361. The van der Waals surface area contributed by atoms with Crippen LogP contribution in [0.5, 0.6) is 0 Å². The molecule has 0 atom stereocenters. The Balaban J connectivity index is 2.84. The van der Waals surface area contributed by atoms with Gasteiger partial charge in [-0.25, -0.2) is 4.79 Å². The zero-order valence-electron chi connectivity index (χ0n) is 11.4. The number of nitrogens with zero attached hydrogens (tertiary/aromatic N) is 2.